The van der Waals surface area contributed by atoms with Crippen LogP contribution in [0.25, 0.3) is 0 Å². The van der Waals surface area contributed by atoms with Gasteiger partial charge in [0.1, 0.15) is 5.75 Å². The van der Waals surface area contributed by atoms with Gasteiger partial charge in [0.2, 0.25) is 5.91 Å². The molecule has 0 aliphatic rings. The largest absolute Gasteiger partial charge is 0.325 e. The van der Waals surface area contributed by atoms with Gasteiger partial charge in [-0.2, -0.15) is 5.26 Å². The van der Waals surface area contributed by atoms with Gasteiger partial charge in [-0.15, -0.1) is 0 Å². The van der Waals surface area contributed by atoms with Crippen molar-refractivity contribution in [1.82, 2.24) is 0 Å². The van der Waals surface area contributed by atoms with E-state index in [0.717, 1.165) is 12.8 Å². The van der Waals surface area contributed by atoms with Gasteiger partial charge in [-0.05, 0) is 48.2 Å². The lowest BCUT2D eigenvalue weighted by atomic mass is 10.1. The van der Waals surface area contributed by atoms with Crippen molar-refractivity contribution < 1.29 is 13.2 Å². The predicted octanol–water partition coefficient (Wildman–Crippen LogP) is 3.84. The molecular weight excluding hydrogens is 360 g/mol. The third-order valence-corrected chi connectivity index (χ3v) is 5.60. The second-order valence-electron chi connectivity index (χ2n) is 6.54. The van der Waals surface area contributed by atoms with E-state index < -0.39 is 21.5 Å². The highest BCUT2D eigenvalue weighted by Gasteiger charge is 2.17. The quantitative estimate of drug-likeness (QED) is 0.665. The average Bonchev–Trinajstić information content (AvgIpc) is 2.63. The number of nitrogens with zero attached hydrogens (tertiary/aromatic N) is 1. The van der Waals surface area contributed by atoms with Crippen molar-refractivity contribution in [3.63, 3.8) is 0 Å². The summed E-state index contributed by atoms with van der Waals surface area (Å²) in [6, 6.07) is 15.8. The fourth-order valence-electron chi connectivity index (χ4n) is 2.71. The number of hydrogen-bond acceptors (Lipinski definition) is 4. The van der Waals surface area contributed by atoms with Crippen LogP contribution in [0.3, 0.4) is 0 Å². The fourth-order valence-corrected chi connectivity index (χ4v) is 3.99. The molecule has 0 unspecified atom stereocenters. The number of carbonyl (C=O) groups is 1. The summed E-state index contributed by atoms with van der Waals surface area (Å²) in [5.41, 5.74) is 2.81. The van der Waals surface area contributed by atoms with E-state index in [0.29, 0.717) is 16.8 Å². The molecule has 1 amide bonds. The maximum Gasteiger partial charge on any atom is 0.239 e. The summed E-state index contributed by atoms with van der Waals surface area (Å²) in [6.07, 6.45) is 4.50. The number of nitrogens with one attached hydrogen (secondary N) is 1. The molecule has 0 fully saturated rings. The van der Waals surface area contributed by atoms with Crippen LogP contribution in [0.5, 0.6) is 0 Å². The average molecular weight is 385 g/mol. The van der Waals surface area contributed by atoms with Gasteiger partial charge >= 0.3 is 0 Å². The van der Waals surface area contributed by atoms with Crippen molar-refractivity contribution in [3.05, 3.63) is 65.2 Å². The van der Waals surface area contributed by atoms with Gasteiger partial charge in [-0.3, -0.25) is 4.79 Å². The number of amides is 1. The van der Waals surface area contributed by atoms with Gasteiger partial charge in [0.25, 0.3) is 0 Å². The summed E-state index contributed by atoms with van der Waals surface area (Å²) in [7, 11) is -3.59. The van der Waals surface area contributed by atoms with Crippen LogP contribution in [0.15, 0.2) is 48.5 Å². The summed E-state index contributed by atoms with van der Waals surface area (Å²) in [5.74, 6) is -1.37. The smallest absolute Gasteiger partial charge is 0.239 e. The number of carbonyl (C=O) groups excluding carboxylic acids is 1. The highest BCUT2D eigenvalue weighted by molar-refractivity contribution is 7.91. The Balaban J connectivity index is 1.88. The number of benzene rings is 2. The predicted molar refractivity (Wildman–Crippen MR) is 107 cm³/mol. The Kier molecular flexibility index (Phi) is 7.56. The van der Waals surface area contributed by atoms with E-state index in [9.17, 15) is 13.2 Å². The van der Waals surface area contributed by atoms with Gasteiger partial charge in [0.15, 0.2) is 9.84 Å². The van der Waals surface area contributed by atoms with Crippen molar-refractivity contribution in [3.8, 4) is 6.07 Å². The van der Waals surface area contributed by atoms with Gasteiger partial charge in [0.05, 0.1) is 17.4 Å². The summed E-state index contributed by atoms with van der Waals surface area (Å²) < 4.78 is 24.5. The first-order valence-corrected chi connectivity index (χ1v) is 10.8. The van der Waals surface area contributed by atoms with E-state index in [2.05, 4.69) is 12.2 Å². The lowest BCUT2D eigenvalue weighted by Gasteiger charge is -2.08. The standard InChI is InChI=1S/C21H24N2O3S/c1-2-3-4-5-17-10-12-20(13-11-17)23-21(24)16-27(25,26)15-19-8-6-18(14-22)7-9-19/h6-13H,2-5,15-16H2,1H3,(H,23,24). The molecule has 0 spiro atoms. The Morgan fingerprint density at radius 3 is 2.22 bits per heavy atom. The topological polar surface area (TPSA) is 87.0 Å². The highest BCUT2D eigenvalue weighted by atomic mass is 32.2. The summed E-state index contributed by atoms with van der Waals surface area (Å²) >= 11 is 0. The molecule has 142 valence electrons. The number of unbranched alkanes of at least 4 members (excludes halogenated alkanes) is 2. The monoisotopic (exact) mass is 384 g/mol. The summed E-state index contributed by atoms with van der Waals surface area (Å²) in [6.45, 7) is 2.16. The van der Waals surface area contributed by atoms with E-state index >= 15 is 0 Å². The van der Waals surface area contributed by atoms with Gasteiger partial charge in [-0.25, -0.2) is 8.42 Å². The van der Waals surface area contributed by atoms with Crippen molar-refractivity contribution in [2.45, 2.75) is 38.4 Å². The van der Waals surface area contributed by atoms with Gasteiger partial charge in [0, 0.05) is 5.69 Å². The van der Waals surface area contributed by atoms with Gasteiger partial charge < -0.3 is 5.32 Å². The van der Waals surface area contributed by atoms with Crippen LogP contribution in [-0.2, 0) is 26.8 Å². The summed E-state index contributed by atoms with van der Waals surface area (Å²) in [5, 5.41) is 11.4. The first kappa shape index (κ1) is 20.7. The summed E-state index contributed by atoms with van der Waals surface area (Å²) in [4.78, 5) is 12.1. The maximum absolute atomic E-state index is 12.2. The molecule has 0 bridgehead atoms. The number of anilines is 1. The van der Waals surface area contributed by atoms with Crippen LogP contribution in [-0.4, -0.2) is 20.1 Å². The third kappa shape index (κ3) is 7.24. The molecule has 5 nitrogen and oxygen atoms in total. The zero-order chi connectivity index (χ0) is 19.7. The van der Waals surface area contributed by atoms with Crippen LogP contribution in [0.4, 0.5) is 5.69 Å². The Morgan fingerprint density at radius 1 is 1.00 bits per heavy atom. The van der Waals surface area contributed by atoms with E-state index in [-0.39, 0.29) is 5.75 Å². The van der Waals surface area contributed by atoms with Crippen LogP contribution >= 0.6 is 0 Å². The molecule has 6 heteroatoms. The molecule has 27 heavy (non-hydrogen) atoms. The zero-order valence-electron chi connectivity index (χ0n) is 15.4. The number of nitriles is 1. The fraction of sp³-hybridized carbons (Fsp3) is 0.333. The number of hydrogen-bond donors (Lipinski definition) is 1. The number of rotatable bonds is 9. The molecule has 0 radical (unpaired) electrons. The molecule has 0 saturated carbocycles. The first-order valence-electron chi connectivity index (χ1n) is 9.00. The number of aryl methyl sites for hydroxylation is 1. The van der Waals surface area contributed by atoms with E-state index in [1.54, 1.807) is 36.4 Å². The van der Waals surface area contributed by atoms with Crippen molar-refractivity contribution in [2.24, 2.45) is 0 Å². The minimum atomic E-state index is -3.59. The molecule has 0 aliphatic heterocycles. The second kappa shape index (κ2) is 9.89. The molecule has 0 saturated heterocycles. The van der Waals surface area contributed by atoms with Crippen LogP contribution in [0.1, 0.15) is 42.9 Å². The lowest BCUT2D eigenvalue weighted by molar-refractivity contribution is -0.113. The van der Waals surface area contributed by atoms with Crippen LogP contribution in [0.2, 0.25) is 0 Å². The molecule has 0 aromatic heterocycles. The van der Waals surface area contributed by atoms with Gasteiger partial charge in [-0.1, -0.05) is 44.0 Å². The minimum absolute atomic E-state index is 0.234. The molecular formula is C21H24N2O3S. The van der Waals surface area contributed by atoms with E-state index in [1.165, 1.54) is 18.4 Å². The van der Waals surface area contributed by atoms with E-state index in [1.807, 2.05) is 18.2 Å². The molecule has 2 aromatic rings. The van der Waals surface area contributed by atoms with E-state index in [4.69, 9.17) is 5.26 Å². The lowest BCUT2D eigenvalue weighted by Crippen LogP contribution is -2.23. The molecule has 0 atom stereocenters. The Morgan fingerprint density at radius 2 is 1.63 bits per heavy atom. The molecule has 2 rings (SSSR count). The van der Waals surface area contributed by atoms with Crippen LogP contribution in [0, 0.1) is 11.3 Å². The normalized spacial score (nSPS) is 11.0. The van der Waals surface area contributed by atoms with Crippen molar-refractivity contribution in [1.29, 1.82) is 5.26 Å². The molecule has 2 aromatic carbocycles. The Hall–Kier alpha value is -2.65. The Labute approximate surface area is 161 Å². The van der Waals surface area contributed by atoms with Crippen LogP contribution < -0.4 is 5.32 Å². The maximum atomic E-state index is 12.2. The zero-order valence-corrected chi connectivity index (χ0v) is 16.3. The van der Waals surface area contributed by atoms with Crippen molar-refractivity contribution in [2.75, 3.05) is 11.1 Å². The molecule has 1 N–H and O–H groups in total. The van der Waals surface area contributed by atoms with Crippen molar-refractivity contribution >= 4 is 21.4 Å². The first-order chi connectivity index (χ1) is 12.9. The molecule has 0 heterocycles. The minimum Gasteiger partial charge on any atom is -0.325 e. The Bertz CT molecular complexity index is 896. The number of sulfone groups is 1. The highest BCUT2D eigenvalue weighted by Crippen LogP contribution is 2.13. The molecule has 0 aliphatic carbocycles. The SMILES string of the molecule is CCCCCc1ccc(NC(=O)CS(=O)(=O)Cc2ccc(C#N)cc2)cc1. The third-order valence-electron chi connectivity index (χ3n) is 4.13. The second-order valence-corrected chi connectivity index (χ2v) is 8.61.